The van der Waals surface area contributed by atoms with Crippen LogP contribution in [0, 0.1) is 6.92 Å². The largest absolute Gasteiger partial charge is 0.416 e. The van der Waals surface area contributed by atoms with Crippen molar-refractivity contribution >= 4 is 32.9 Å². The smallest absolute Gasteiger partial charge is 0.265 e. The van der Waals surface area contributed by atoms with Crippen molar-refractivity contribution in [3.63, 3.8) is 0 Å². The van der Waals surface area contributed by atoms with Gasteiger partial charge in [-0.25, -0.2) is 9.67 Å². The summed E-state index contributed by atoms with van der Waals surface area (Å²) >= 11 is 1.23. The van der Waals surface area contributed by atoms with Gasteiger partial charge in [0.25, 0.3) is 0 Å². The third-order valence-corrected chi connectivity index (χ3v) is 4.88. The van der Waals surface area contributed by atoms with Gasteiger partial charge in [-0.15, -0.1) is 0 Å². The van der Waals surface area contributed by atoms with E-state index in [0.717, 1.165) is 29.1 Å². The minimum atomic E-state index is -4.39. The Morgan fingerprint density at radius 1 is 1.18 bits per heavy atom. The van der Waals surface area contributed by atoms with Gasteiger partial charge in [-0.05, 0) is 37.3 Å². The van der Waals surface area contributed by atoms with Gasteiger partial charge in [0, 0.05) is 24.2 Å². The summed E-state index contributed by atoms with van der Waals surface area (Å²) in [6.07, 6.45) is 2.38. The maximum Gasteiger partial charge on any atom is 0.416 e. The van der Waals surface area contributed by atoms with E-state index in [1.165, 1.54) is 17.4 Å². The molecule has 1 aromatic carbocycles. The number of pyridine rings is 1. The number of hydrazone groups is 1. The molecule has 10 heteroatoms. The van der Waals surface area contributed by atoms with Gasteiger partial charge in [0.05, 0.1) is 33.4 Å². The highest BCUT2D eigenvalue weighted by molar-refractivity contribution is 7.22. The fourth-order valence-corrected chi connectivity index (χ4v) is 3.33. The molecule has 6 nitrogen and oxygen atoms in total. The first-order valence-electron chi connectivity index (χ1n) is 8.14. The molecule has 0 amide bonds. The monoisotopic (exact) mass is 402 g/mol. The zero-order valence-electron chi connectivity index (χ0n) is 14.5. The Kier molecular flexibility index (Phi) is 4.55. The summed E-state index contributed by atoms with van der Waals surface area (Å²) in [5.74, 6) is 0. The van der Waals surface area contributed by atoms with Crippen LogP contribution in [0.1, 0.15) is 16.8 Å². The second kappa shape index (κ2) is 7.04. The summed E-state index contributed by atoms with van der Waals surface area (Å²) < 4.78 is 40.8. The average Bonchev–Trinajstić information content (AvgIpc) is 3.24. The highest BCUT2D eigenvalue weighted by Crippen LogP contribution is 2.33. The van der Waals surface area contributed by atoms with Crippen LogP contribution in [-0.2, 0) is 6.18 Å². The molecule has 0 spiro atoms. The number of nitrogens with one attached hydrogen (secondary N) is 1. The van der Waals surface area contributed by atoms with Crippen LogP contribution < -0.4 is 5.43 Å². The molecule has 0 atom stereocenters. The van der Waals surface area contributed by atoms with Crippen LogP contribution in [0.25, 0.3) is 15.9 Å². The second-order valence-corrected chi connectivity index (χ2v) is 6.92. The van der Waals surface area contributed by atoms with Crippen LogP contribution in [0.3, 0.4) is 0 Å². The van der Waals surface area contributed by atoms with Crippen LogP contribution in [0.5, 0.6) is 0 Å². The maximum absolute atomic E-state index is 12.8. The first-order chi connectivity index (χ1) is 13.4. The summed E-state index contributed by atoms with van der Waals surface area (Å²) in [4.78, 5) is 8.13. The van der Waals surface area contributed by atoms with Crippen molar-refractivity contribution < 1.29 is 13.2 Å². The number of fused-ring (bicyclic) bond motifs is 1. The van der Waals surface area contributed by atoms with Crippen LogP contribution in [-0.4, -0.2) is 26.0 Å². The second-order valence-electron chi connectivity index (χ2n) is 5.89. The molecule has 0 saturated heterocycles. The van der Waals surface area contributed by atoms with Crippen molar-refractivity contribution in [2.45, 2.75) is 13.1 Å². The molecule has 0 saturated carbocycles. The number of hydrogen-bond acceptors (Lipinski definition) is 6. The summed E-state index contributed by atoms with van der Waals surface area (Å²) in [6.45, 7) is 1.86. The Balaban J connectivity index is 1.51. The number of rotatable bonds is 4. The van der Waals surface area contributed by atoms with Gasteiger partial charge in [-0.1, -0.05) is 11.3 Å². The third kappa shape index (κ3) is 3.72. The van der Waals surface area contributed by atoms with Gasteiger partial charge in [0.2, 0.25) is 5.13 Å². The standard InChI is InChI=1S/C18H13F3N6S/c1-11-12(10-27(26-11)14-4-6-22-7-5-14)9-23-25-17-24-15-8-13(18(19,20)21)2-3-16(15)28-17/h2-10H,1H3,(H,24,25)/b23-9+. The number of anilines is 1. The normalized spacial score (nSPS) is 12.1. The molecule has 0 fully saturated rings. The van der Waals surface area contributed by atoms with E-state index in [-0.39, 0.29) is 5.52 Å². The predicted molar refractivity (Wildman–Crippen MR) is 102 cm³/mol. The lowest BCUT2D eigenvalue weighted by Crippen LogP contribution is -2.03. The molecule has 0 radical (unpaired) electrons. The Morgan fingerprint density at radius 2 is 1.96 bits per heavy atom. The molecular formula is C18H13F3N6S. The van der Waals surface area contributed by atoms with E-state index in [0.29, 0.717) is 9.83 Å². The van der Waals surface area contributed by atoms with Gasteiger partial charge in [-0.2, -0.15) is 23.4 Å². The van der Waals surface area contributed by atoms with Gasteiger partial charge < -0.3 is 0 Å². The highest BCUT2D eigenvalue weighted by atomic mass is 32.1. The van der Waals surface area contributed by atoms with Crippen molar-refractivity contribution in [1.82, 2.24) is 19.7 Å². The first-order valence-corrected chi connectivity index (χ1v) is 8.95. The molecule has 3 heterocycles. The van der Waals surface area contributed by atoms with E-state index < -0.39 is 11.7 Å². The maximum atomic E-state index is 12.8. The number of alkyl halides is 3. The Labute approximate surface area is 161 Å². The van der Waals surface area contributed by atoms with E-state index in [2.05, 4.69) is 25.6 Å². The molecule has 0 aliphatic rings. The van der Waals surface area contributed by atoms with Crippen LogP contribution in [0.2, 0.25) is 0 Å². The van der Waals surface area contributed by atoms with E-state index >= 15 is 0 Å². The summed E-state index contributed by atoms with van der Waals surface area (Å²) in [5, 5.41) is 8.96. The Hall–Kier alpha value is -3.27. The molecule has 4 rings (SSSR count). The number of halogens is 3. The van der Waals surface area contributed by atoms with Crippen molar-refractivity contribution in [1.29, 1.82) is 0 Å². The van der Waals surface area contributed by atoms with Crippen molar-refractivity contribution in [2.75, 3.05) is 5.43 Å². The lowest BCUT2D eigenvalue weighted by atomic mass is 10.2. The van der Waals surface area contributed by atoms with E-state index in [1.807, 2.05) is 25.3 Å². The minimum Gasteiger partial charge on any atom is -0.265 e. The van der Waals surface area contributed by atoms with E-state index in [4.69, 9.17) is 0 Å². The molecule has 0 unspecified atom stereocenters. The van der Waals surface area contributed by atoms with Crippen molar-refractivity contribution in [3.8, 4) is 5.69 Å². The molecule has 28 heavy (non-hydrogen) atoms. The summed E-state index contributed by atoms with van der Waals surface area (Å²) in [6, 6.07) is 7.16. The van der Waals surface area contributed by atoms with Crippen LogP contribution in [0.15, 0.2) is 54.0 Å². The van der Waals surface area contributed by atoms with Gasteiger partial charge in [0.15, 0.2) is 0 Å². The number of benzene rings is 1. The quantitative estimate of drug-likeness (QED) is 0.399. The SMILES string of the molecule is Cc1nn(-c2ccncc2)cc1/C=N/Nc1nc2cc(C(F)(F)F)ccc2s1. The topological polar surface area (TPSA) is 68.0 Å². The van der Waals surface area contributed by atoms with Crippen molar-refractivity contribution in [3.05, 3.63) is 65.7 Å². The predicted octanol–water partition coefficient (Wildman–Crippen LogP) is 4.65. The summed E-state index contributed by atoms with van der Waals surface area (Å²) in [7, 11) is 0. The minimum absolute atomic E-state index is 0.277. The molecule has 0 bridgehead atoms. The highest BCUT2D eigenvalue weighted by Gasteiger charge is 2.30. The number of hydrogen-bond donors (Lipinski definition) is 1. The molecule has 3 aromatic heterocycles. The van der Waals surface area contributed by atoms with Gasteiger partial charge in [0.1, 0.15) is 0 Å². The van der Waals surface area contributed by atoms with Crippen LogP contribution in [0.4, 0.5) is 18.3 Å². The fraction of sp³-hybridized carbons (Fsp3) is 0.111. The molecule has 0 aliphatic heterocycles. The van der Waals surface area contributed by atoms with E-state index in [9.17, 15) is 13.2 Å². The zero-order chi connectivity index (χ0) is 19.7. The molecular weight excluding hydrogens is 389 g/mol. The Bertz CT molecular complexity index is 1150. The van der Waals surface area contributed by atoms with Gasteiger partial charge >= 0.3 is 6.18 Å². The number of aryl methyl sites for hydroxylation is 1. The molecule has 1 N–H and O–H groups in total. The average molecular weight is 402 g/mol. The first kappa shape index (κ1) is 18.1. The molecule has 142 valence electrons. The molecule has 4 aromatic rings. The number of aromatic nitrogens is 4. The number of nitrogens with zero attached hydrogens (tertiary/aromatic N) is 5. The third-order valence-electron chi connectivity index (χ3n) is 3.94. The number of thiazole rings is 1. The fourth-order valence-electron chi connectivity index (χ4n) is 2.54. The summed E-state index contributed by atoms with van der Waals surface area (Å²) in [5.41, 5.74) is 4.77. The van der Waals surface area contributed by atoms with Crippen molar-refractivity contribution in [2.24, 2.45) is 5.10 Å². The van der Waals surface area contributed by atoms with Gasteiger partial charge in [-0.3, -0.25) is 10.4 Å². The van der Waals surface area contributed by atoms with Crippen LogP contribution >= 0.6 is 11.3 Å². The molecule has 0 aliphatic carbocycles. The van der Waals surface area contributed by atoms with E-state index in [1.54, 1.807) is 23.3 Å². The lowest BCUT2D eigenvalue weighted by molar-refractivity contribution is -0.137. The lowest BCUT2D eigenvalue weighted by Gasteiger charge is -2.04. The Morgan fingerprint density at radius 3 is 2.71 bits per heavy atom. The zero-order valence-corrected chi connectivity index (χ0v) is 15.3.